The van der Waals surface area contributed by atoms with E-state index in [9.17, 15) is 9.59 Å². The third-order valence-electron chi connectivity index (χ3n) is 3.54. The molecule has 0 aromatic rings. The molecule has 0 amide bonds. The summed E-state index contributed by atoms with van der Waals surface area (Å²) in [6.07, 6.45) is 8.44. The second-order valence-electron chi connectivity index (χ2n) is 5.50. The van der Waals surface area contributed by atoms with Crippen LogP contribution in [0.5, 0.6) is 0 Å². The van der Waals surface area contributed by atoms with E-state index >= 15 is 0 Å². The molecule has 4 nitrogen and oxygen atoms in total. The Morgan fingerprint density at radius 3 is 2.11 bits per heavy atom. The van der Waals surface area contributed by atoms with Crippen LogP contribution < -0.4 is 0 Å². The van der Waals surface area contributed by atoms with Gasteiger partial charge in [-0.1, -0.05) is 52.4 Å². The summed E-state index contributed by atoms with van der Waals surface area (Å²) in [5.74, 6) is -2.12. The Hall–Kier alpha value is -1.06. The van der Waals surface area contributed by atoms with Crippen LogP contribution in [0.4, 0.5) is 0 Å². The van der Waals surface area contributed by atoms with Crippen LogP contribution in [0.25, 0.3) is 0 Å². The van der Waals surface area contributed by atoms with E-state index < -0.39 is 17.9 Å². The van der Waals surface area contributed by atoms with E-state index in [1.54, 1.807) is 6.92 Å². The van der Waals surface area contributed by atoms with Crippen molar-refractivity contribution in [2.75, 3.05) is 0 Å². The molecule has 2 N–H and O–H groups in total. The second kappa shape index (κ2) is 10.8. The van der Waals surface area contributed by atoms with Crippen molar-refractivity contribution in [2.24, 2.45) is 11.8 Å². The Balaban J connectivity index is 3.93. The molecule has 0 aliphatic rings. The first kappa shape index (κ1) is 17.9. The number of unbranched alkanes of at least 4 members (excludes halogenated alkanes) is 5. The Morgan fingerprint density at radius 2 is 1.58 bits per heavy atom. The van der Waals surface area contributed by atoms with Crippen LogP contribution in [0.2, 0.25) is 0 Å². The minimum atomic E-state index is -0.835. The lowest BCUT2D eigenvalue weighted by Gasteiger charge is -2.17. The van der Waals surface area contributed by atoms with Crippen LogP contribution in [-0.2, 0) is 9.59 Å². The summed E-state index contributed by atoms with van der Waals surface area (Å²) >= 11 is 0. The predicted octanol–water partition coefficient (Wildman–Crippen LogP) is 3.94. The summed E-state index contributed by atoms with van der Waals surface area (Å²) in [4.78, 5) is 21.6. The van der Waals surface area contributed by atoms with E-state index in [1.807, 2.05) is 0 Å². The van der Waals surface area contributed by atoms with Gasteiger partial charge in [-0.05, 0) is 18.8 Å². The Bertz CT molecular complexity index is 263. The first-order chi connectivity index (χ1) is 8.97. The third kappa shape index (κ3) is 10.5. The maximum atomic E-state index is 10.8. The highest BCUT2D eigenvalue weighted by molar-refractivity contribution is 5.70. The van der Waals surface area contributed by atoms with Crippen molar-refractivity contribution in [3.05, 3.63) is 0 Å². The van der Waals surface area contributed by atoms with Crippen LogP contribution in [-0.4, -0.2) is 22.2 Å². The van der Waals surface area contributed by atoms with Crippen LogP contribution in [0.3, 0.4) is 0 Å². The minimum absolute atomic E-state index is 0.00484. The average Bonchev–Trinajstić information content (AvgIpc) is 2.32. The lowest BCUT2D eigenvalue weighted by molar-refractivity contribution is -0.143. The molecule has 0 aromatic carbocycles. The highest BCUT2D eigenvalue weighted by Gasteiger charge is 2.20. The van der Waals surface area contributed by atoms with Crippen LogP contribution in [0.1, 0.15) is 71.6 Å². The summed E-state index contributed by atoms with van der Waals surface area (Å²) in [7, 11) is 0. The number of carbonyl (C=O) groups is 2. The molecule has 0 heterocycles. The number of rotatable bonds is 12. The van der Waals surface area contributed by atoms with Gasteiger partial charge in [-0.3, -0.25) is 9.59 Å². The molecule has 0 saturated heterocycles. The van der Waals surface area contributed by atoms with Gasteiger partial charge in [0.05, 0.1) is 5.92 Å². The Labute approximate surface area is 116 Å². The number of carboxylic acid groups (broad SMARTS) is 2. The fourth-order valence-corrected chi connectivity index (χ4v) is 2.36. The number of hydrogen-bond donors (Lipinski definition) is 2. The van der Waals surface area contributed by atoms with E-state index in [0.29, 0.717) is 6.42 Å². The summed E-state index contributed by atoms with van der Waals surface area (Å²) in [6, 6.07) is 0. The maximum Gasteiger partial charge on any atom is 0.306 e. The average molecular weight is 272 g/mol. The molecule has 2 unspecified atom stereocenters. The largest absolute Gasteiger partial charge is 0.481 e. The Kier molecular flexibility index (Phi) is 10.2. The molecule has 0 radical (unpaired) electrons. The molecule has 19 heavy (non-hydrogen) atoms. The smallest absolute Gasteiger partial charge is 0.306 e. The van der Waals surface area contributed by atoms with Crippen molar-refractivity contribution in [3.63, 3.8) is 0 Å². The van der Waals surface area contributed by atoms with Gasteiger partial charge in [-0.25, -0.2) is 0 Å². The molecule has 0 aliphatic heterocycles. The molecular weight excluding hydrogens is 244 g/mol. The number of aliphatic carboxylic acids is 2. The fraction of sp³-hybridized carbons (Fsp3) is 0.867. The van der Waals surface area contributed by atoms with Gasteiger partial charge in [0.2, 0.25) is 0 Å². The lowest BCUT2D eigenvalue weighted by atomic mass is 9.88. The first-order valence-corrected chi connectivity index (χ1v) is 7.42. The van der Waals surface area contributed by atoms with Crippen molar-refractivity contribution < 1.29 is 19.8 Å². The molecule has 0 fully saturated rings. The van der Waals surface area contributed by atoms with Gasteiger partial charge < -0.3 is 10.2 Å². The monoisotopic (exact) mass is 272 g/mol. The van der Waals surface area contributed by atoms with E-state index in [2.05, 4.69) is 6.92 Å². The minimum Gasteiger partial charge on any atom is -0.481 e. The summed E-state index contributed by atoms with van der Waals surface area (Å²) in [5, 5.41) is 17.7. The highest BCUT2D eigenvalue weighted by Crippen LogP contribution is 2.23. The zero-order valence-corrected chi connectivity index (χ0v) is 12.2. The predicted molar refractivity (Wildman–Crippen MR) is 75.2 cm³/mol. The summed E-state index contributed by atoms with van der Waals surface area (Å²) < 4.78 is 0. The van der Waals surface area contributed by atoms with Crippen LogP contribution in [0.15, 0.2) is 0 Å². The number of hydrogen-bond acceptors (Lipinski definition) is 2. The molecule has 4 heteroatoms. The lowest BCUT2D eigenvalue weighted by Crippen LogP contribution is -2.17. The van der Waals surface area contributed by atoms with Crippen molar-refractivity contribution in [1.29, 1.82) is 0 Å². The maximum absolute atomic E-state index is 10.8. The van der Waals surface area contributed by atoms with Gasteiger partial charge in [0.25, 0.3) is 0 Å². The van der Waals surface area contributed by atoms with Crippen molar-refractivity contribution in [1.82, 2.24) is 0 Å². The zero-order valence-electron chi connectivity index (χ0n) is 12.2. The first-order valence-electron chi connectivity index (χ1n) is 7.42. The van der Waals surface area contributed by atoms with E-state index in [0.717, 1.165) is 19.3 Å². The number of carboxylic acids is 2. The summed E-state index contributed by atoms with van der Waals surface area (Å²) in [5.41, 5.74) is 0. The molecule has 112 valence electrons. The fourth-order valence-electron chi connectivity index (χ4n) is 2.36. The standard InChI is InChI=1S/C15H28O4/c1-3-4-5-6-7-8-9-13(11-14(16)17)10-12(2)15(18)19/h12-13H,3-11H2,1-2H3,(H,16,17)(H,18,19). The van der Waals surface area contributed by atoms with Gasteiger partial charge in [-0.15, -0.1) is 0 Å². The SMILES string of the molecule is CCCCCCCCC(CC(=O)O)CC(C)C(=O)O. The van der Waals surface area contributed by atoms with E-state index in [4.69, 9.17) is 10.2 Å². The Morgan fingerprint density at radius 1 is 1.00 bits per heavy atom. The van der Waals surface area contributed by atoms with Crippen LogP contribution >= 0.6 is 0 Å². The molecular formula is C15H28O4. The second-order valence-corrected chi connectivity index (χ2v) is 5.50. The van der Waals surface area contributed by atoms with Crippen molar-refractivity contribution in [3.8, 4) is 0 Å². The van der Waals surface area contributed by atoms with Crippen molar-refractivity contribution >= 4 is 11.9 Å². The molecule has 0 spiro atoms. The molecule has 0 aromatic heterocycles. The zero-order chi connectivity index (χ0) is 14.7. The molecule has 0 saturated carbocycles. The normalized spacial score (nSPS) is 14.0. The van der Waals surface area contributed by atoms with Gasteiger partial charge in [0.1, 0.15) is 0 Å². The molecule has 0 bridgehead atoms. The van der Waals surface area contributed by atoms with Gasteiger partial charge in [0, 0.05) is 6.42 Å². The van der Waals surface area contributed by atoms with Crippen molar-refractivity contribution in [2.45, 2.75) is 71.6 Å². The highest BCUT2D eigenvalue weighted by atomic mass is 16.4. The molecule has 2 atom stereocenters. The quantitative estimate of drug-likeness (QED) is 0.528. The van der Waals surface area contributed by atoms with E-state index in [1.165, 1.54) is 25.7 Å². The van der Waals surface area contributed by atoms with Gasteiger partial charge >= 0.3 is 11.9 Å². The summed E-state index contributed by atoms with van der Waals surface area (Å²) in [6.45, 7) is 3.83. The van der Waals surface area contributed by atoms with Gasteiger partial charge in [0.15, 0.2) is 0 Å². The molecule has 0 rings (SSSR count). The van der Waals surface area contributed by atoms with Gasteiger partial charge in [-0.2, -0.15) is 0 Å². The van der Waals surface area contributed by atoms with E-state index in [-0.39, 0.29) is 12.3 Å². The topological polar surface area (TPSA) is 74.6 Å². The van der Waals surface area contributed by atoms with Crippen LogP contribution in [0, 0.1) is 11.8 Å². The third-order valence-corrected chi connectivity index (χ3v) is 3.54. The molecule has 0 aliphatic carbocycles.